The number of hydrogen-bond acceptors (Lipinski definition) is 3. The van der Waals surface area contributed by atoms with Gasteiger partial charge in [0.1, 0.15) is 5.75 Å². The smallest absolute Gasteiger partial charge is 0.119 e. The standard InChI is InChI=1S/C16H26N2O/c1-13-10-14(2)12-18(11-13)8-3-9-19-16-6-4-15(17)5-7-16/h4-7,13-14H,3,8-12,17H2,1-2H3. The van der Waals surface area contributed by atoms with Crippen LogP contribution in [0, 0.1) is 11.8 Å². The van der Waals surface area contributed by atoms with Crippen molar-refractivity contribution in [2.24, 2.45) is 11.8 Å². The van der Waals surface area contributed by atoms with Gasteiger partial charge in [-0.1, -0.05) is 13.8 Å². The van der Waals surface area contributed by atoms with Crippen LogP contribution in [-0.4, -0.2) is 31.1 Å². The van der Waals surface area contributed by atoms with Crippen LogP contribution in [0.3, 0.4) is 0 Å². The third kappa shape index (κ3) is 4.75. The Balaban J connectivity index is 1.65. The molecule has 1 aromatic rings. The van der Waals surface area contributed by atoms with Gasteiger partial charge in [0, 0.05) is 25.3 Å². The van der Waals surface area contributed by atoms with Crippen LogP contribution in [0.25, 0.3) is 0 Å². The summed E-state index contributed by atoms with van der Waals surface area (Å²) in [5.74, 6) is 2.58. The first-order chi connectivity index (χ1) is 9.13. The monoisotopic (exact) mass is 262 g/mol. The summed E-state index contributed by atoms with van der Waals surface area (Å²) in [6, 6.07) is 7.62. The Morgan fingerprint density at radius 2 is 1.79 bits per heavy atom. The molecule has 0 aliphatic carbocycles. The summed E-state index contributed by atoms with van der Waals surface area (Å²) in [5.41, 5.74) is 6.42. The van der Waals surface area contributed by atoms with Crippen LogP contribution in [0.2, 0.25) is 0 Å². The number of rotatable bonds is 5. The lowest BCUT2D eigenvalue weighted by Crippen LogP contribution is -2.39. The average molecular weight is 262 g/mol. The molecule has 1 fully saturated rings. The van der Waals surface area contributed by atoms with E-state index in [1.54, 1.807) is 0 Å². The highest BCUT2D eigenvalue weighted by Crippen LogP contribution is 2.21. The van der Waals surface area contributed by atoms with Crippen LogP contribution in [0.4, 0.5) is 5.69 Å². The van der Waals surface area contributed by atoms with E-state index >= 15 is 0 Å². The highest BCUT2D eigenvalue weighted by molar-refractivity contribution is 5.41. The van der Waals surface area contributed by atoms with Crippen molar-refractivity contribution in [2.45, 2.75) is 26.7 Å². The van der Waals surface area contributed by atoms with Crippen molar-refractivity contribution in [3.05, 3.63) is 24.3 Å². The summed E-state index contributed by atoms with van der Waals surface area (Å²) in [5, 5.41) is 0. The molecule has 0 amide bonds. The summed E-state index contributed by atoms with van der Waals surface area (Å²) >= 11 is 0. The Bertz CT molecular complexity index is 367. The second-order valence-electron chi connectivity index (χ2n) is 5.98. The lowest BCUT2D eigenvalue weighted by Gasteiger charge is -2.34. The number of nitrogens with zero attached hydrogens (tertiary/aromatic N) is 1. The average Bonchev–Trinajstić information content (AvgIpc) is 2.36. The van der Waals surface area contributed by atoms with Gasteiger partial charge >= 0.3 is 0 Å². The van der Waals surface area contributed by atoms with Crippen LogP contribution in [0.15, 0.2) is 24.3 Å². The number of piperidine rings is 1. The van der Waals surface area contributed by atoms with Crippen LogP contribution in [0.1, 0.15) is 26.7 Å². The molecule has 0 radical (unpaired) electrons. The van der Waals surface area contributed by atoms with Gasteiger partial charge in [0.2, 0.25) is 0 Å². The molecule has 2 atom stereocenters. The van der Waals surface area contributed by atoms with E-state index in [0.29, 0.717) is 0 Å². The summed E-state index contributed by atoms with van der Waals surface area (Å²) in [6.07, 6.45) is 2.46. The summed E-state index contributed by atoms with van der Waals surface area (Å²) < 4.78 is 5.72. The largest absolute Gasteiger partial charge is 0.494 e. The predicted octanol–water partition coefficient (Wildman–Crippen LogP) is 3.02. The van der Waals surface area contributed by atoms with Crippen molar-refractivity contribution in [3.63, 3.8) is 0 Å². The second-order valence-corrected chi connectivity index (χ2v) is 5.98. The van der Waals surface area contributed by atoms with E-state index in [0.717, 1.165) is 42.8 Å². The van der Waals surface area contributed by atoms with Crippen LogP contribution in [-0.2, 0) is 0 Å². The van der Waals surface area contributed by atoms with Crippen molar-refractivity contribution in [1.82, 2.24) is 4.90 Å². The molecule has 2 unspecified atom stereocenters. The molecule has 2 rings (SSSR count). The van der Waals surface area contributed by atoms with Gasteiger partial charge in [0.25, 0.3) is 0 Å². The predicted molar refractivity (Wildman–Crippen MR) is 80.4 cm³/mol. The summed E-state index contributed by atoms with van der Waals surface area (Å²) in [4.78, 5) is 2.57. The summed E-state index contributed by atoms with van der Waals surface area (Å²) in [6.45, 7) is 9.12. The van der Waals surface area contributed by atoms with Gasteiger partial charge in [-0.2, -0.15) is 0 Å². The van der Waals surface area contributed by atoms with Gasteiger partial charge in [0.05, 0.1) is 6.61 Å². The molecule has 1 aliphatic heterocycles. The molecular weight excluding hydrogens is 236 g/mol. The van der Waals surface area contributed by atoms with Crippen LogP contribution < -0.4 is 10.5 Å². The maximum absolute atomic E-state index is 5.72. The van der Waals surface area contributed by atoms with E-state index in [9.17, 15) is 0 Å². The van der Waals surface area contributed by atoms with Crippen molar-refractivity contribution in [2.75, 3.05) is 32.0 Å². The minimum absolute atomic E-state index is 0.781. The number of likely N-dealkylation sites (tertiary alicyclic amines) is 1. The molecule has 1 saturated heterocycles. The normalized spacial score (nSPS) is 24.3. The molecule has 1 aromatic carbocycles. The number of anilines is 1. The van der Waals surface area contributed by atoms with Crippen LogP contribution in [0.5, 0.6) is 5.75 Å². The van der Waals surface area contributed by atoms with Gasteiger partial charge in [-0.15, -0.1) is 0 Å². The maximum atomic E-state index is 5.72. The number of ether oxygens (including phenoxy) is 1. The van der Waals surface area contributed by atoms with E-state index in [4.69, 9.17) is 10.5 Å². The molecule has 0 bridgehead atoms. The zero-order chi connectivity index (χ0) is 13.7. The van der Waals surface area contributed by atoms with Gasteiger partial charge in [-0.25, -0.2) is 0 Å². The van der Waals surface area contributed by atoms with Gasteiger partial charge in [-0.05, 0) is 48.9 Å². The number of hydrogen-bond donors (Lipinski definition) is 1. The first kappa shape index (κ1) is 14.2. The Labute approximate surface area is 116 Å². The maximum Gasteiger partial charge on any atom is 0.119 e. The molecule has 3 heteroatoms. The molecule has 1 heterocycles. The Hall–Kier alpha value is -1.22. The molecule has 3 nitrogen and oxygen atoms in total. The number of benzene rings is 1. The van der Waals surface area contributed by atoms with Crippen molar-refractivity contribution in [1.29, 1.82) is 0 Å². The Morgan fingerprint density at radius 3 is 2.42 bits per heavy atom. The highest BCUT2D eigenvalue weighted by atomic mass is 16.5. The molecule has 0 saturated carbocycles. The lowest BCUT2D eigenvalue weighted by atomic mass is 9.92. The minimum Gasteiger partial charge on any atom is -0.494 e. The number of nitrogens with two attached hydrogens (primary N) is 1. The Kier molecular flexibility index (Phi) is 5.08. The minimum atomic E-state index is 0.781. The van der Waals surface area contributed by atoms with Crippen LogP contribution >= 0.6 is 0 Å². The fourth-order valence-electron chi connectivity index (χ4n) is 3.02. The van der Waals surface area contributed by atoms with E-state index < -0.39 is 0 Å². The van der Waals surface area contributed by atoms with E-state index in [1.807, 2.05) is 24.3 Å². The van der Waals surface area contributed by atoms with Gasteiger partial charge in [-0.3, -0.25) is 0 Å². The van der Waals surface area contributed by atoms with Crippen molar-refractivity contribution < 1.29 is 4.74 Å². The third-order valence-corrected chi connectivity index (χ3v) is 3.71. The van der Waals surface area contributed by atoms with Gasteiger partial charge < -0.3 is 15.4 Å². The fourth-order valence-corrected chi connectivity index (χ4v) is 3.02. The first-order valence-corrected chi connectivity index (χ1v) is 7.34. The Morgan fingerprint density at radius 1 is 1.16 bits per heavy atom. The second kappa shape index (κ2) is 6.80. The lowest BCUT2D eigenvalue weighted by molar-refractivity contribution is 0.132. The van der Waals surface area contributed by atoms with Crippen molar-refractivity contribution in [3.8, 4) is 5.75 Å². The molecule has 19 heavy (non-hydrogen) atoms. The molecule has 1 aliphatic rings. The fraction of sp³-hybridized carbons (Fsp3) is 0.625. The quantitative estimate of drug-likeness (QED) is 0.655. The van der Waals surface area contributed by atoms with E-state index in [1.165, 1.54) is 19.5 Å². The molecule has 0 aromatic heterocycles. The van der Waals surface area contributed by atoms with E-state index in [-0.39, 0.29) is 0 Å². The molecular formula is C16H26N2O. The van der Waals surface area contributed by atoms with E-state index in [2.05, 4.69) is 18.7 Å². The summed E-state index contributed by atoms with van der Waals surface area (Å²) in [7, 11) is 0. The third-order valence-electron chi connectivity index (χ3n) is 3.71. The zero-order valence-electron chi connectivity index (χ0n) is 12.1. The first-order valence-electron chi connectivity index (χ1n) is 7.34. The highest BCUT2D eigenvalue weighted by Gasteiger charge is 2.20. The molecule has 2 N–H and O–H groups in total. The number of nitrogen functional groups attached to an aromatic ring is 1. The van der Waals surface area contributed by atoms with Gasteiger partial charge in [0.15, 0.2) is 0 Å². The SMILES string of the molecule is CC1CC(C)CN(CCCOc2ccc(N)cc2)C1. The molecule has 0 spiro atoms. The van der Waals surface area contributed by atoms with Crippen molar-refractivity contribution >= 4 is 5.69 Å². The topological polar surface area (TPSA) is 38.5 Å². The zero-order valence-corrected chi connectivity index (χ0v) is 12.1. The molecule has 106 valence electrons.